The maximum absolute atomic E-state index is 10.8. The second-order valence-corrected chi connectivity index (χ2v) is 5.61. The minimum absolute atomic E-state index is 0.0575. The van der Waals surface area contributed by atoms with Crippen LogP contribution in [0.4, 0.5) is 0 Å². The Bertz CT molecular complexity index is 325. The highest BCUT2D eigenvalue weighted by molar-refractivity contribution is 5.65. The predicted octanol–water partition coefficient (Wildman–Crippen LogP) is 0.880. The SMILES string of the molecule is CC(=O)OCOC(COC(C)(C)C=O)COC(C)(C)C=O. The molecule has 0 aromatic carbocycles. The topological polar surface area (TPSA) is 88.1 Å². The van der Waals surface area contributed by atoms with Gasteiger partial charge in [0.2, 0.25) is 0 Å². The molecule has 0 atom stereocenters. The van der Waals surface area contributed by atoms with E-state index >= 15 is 0 Å². The van der Waals surface area contributed by atoms with Gasteiger partial charge in [-0.05, 0) is 27.7 Å². The smallest absolute Gasteiger partial charge is 0.304 e. The van der Waals surface area contributed by atoms with Crippen molar-refractivity contribution < 1.29 is 33.3 Å². The summed E-state index contributed by atoms with van der Waals surface area (Å²) in [6.07, 6.45) is 0.765. The van der Waals surface area contributed by atoms with Gasteiger partial charge in [0.25, 0.3) is 0 Å². The lowest BCUT2D eigenvalue weighted by Crippen LogP contribution is -2.37. The fraction of sp³-hybridized carbons (Fsp3) is 0.786. The molecule has 0 bridgehead atoms. The molecule has 0 spiro atoms. The van der Waals surface area contributed by atoms with E-state index in [0.29, 0.717) is 12.6 Å². The van der Waals surface area contributed by atoms with Crippen LogP contribution < -0.4 is 0 Å². The fourth-order valence-electron chi connectivity index (χ4n) is 1.04. The van der Waals surface area contributed by atoms with Crippen LogP contribution in [0, 0.1) is 0 Å². The van der Waals surface area contributed by atoms with Crippen molar-refractivity contribution in [1.82, 2.24) is 0 Å². The molecule has 0 aliphatic heterocycles. The molecule has 21 heavy (non-hydrogen) atoms. The fourth-order valence-corrected chi connectivity index (χ4v) is 1.04. The van der Waals surface area contributed by atoms with Crippen LogP contribution in [0.3, 0.4) is 0 Å². The maximum Gasteiger partial charge on any atom is 0.304 e. The summed E-state index contributed by atoms with van der Waals surface area (Å²) in [6.45, 7) is 7.56. The molecule has 0 heterocycles. The summed E-state index contributed by atoms with van der Waals surface area (Å²) in [5, 5.41) is 0. The van der Waals surface area contributed by atoms with Crippen LogP contribution in [0.5, 0.6) is 0 Å². The average molecular weight is 304 g/mol. The van der Waals surface area contributed by atoms with Crippen LogP contribution in [-0.4, -0.2) is 55.9 Å². The van der Waals surface area contributed by atoms with Crippen molar-refractivity contribution in [3.8, 4) is 0 Å². The molecule has 0 N–H and O–H groups in total. The summed E-state index contributed by atoms with van der Waals surface area (Å²) in [4.78, 5) is 32.3. The first-order valence-corrected chi connectivity index (χ1v) is 6.57. The van der Waals surface area contributed by atoms with E-state index in [1.54, 1.807) is 27.7 Å². The van der Waals surface area contributed by atoms with Crippen LogP contribution in [-0.2, 0) is 33.3 Å². The Labute approximate surface area is 124 Å². The van der Waals surface area contributed by atoms with Crippen LogP contribution in [0.15, 0.2) is 0 Å². The minimum atomic E-state index is -0.955. The molecule has 122 valence electrons. The second kappa shape index (κ2) is 8.86. The van der Waals surface area contributed by atoms with Crippen LogP contribution in [0.2, 0.25) is 0 Å². The number of aldehydes is 2. The second-order valence-electron chi connectivity index (χ2n) is 5.61. The molecule has 7 nitrogen and oxygen atoms in total. The summed E-state index contributed by atoms with van der Waals surface area (Å²) in [7, 11) is 0. The van der Waals surface area contributed by atoms with Gasteiger partial charge in [-0.25, -0.2) is 0 Å². The van der Waals surface area contributed by atoms with Crippen molar-refractivity contribution in [3.05, 3.63) is 0 Å². The zero-order valence-corrected chi connectivity index (χ0v) is 13.2. The van der Waals surface area contributed by atoms with E-state index < -0.39 is 23.3 Å². The largest absolute Gasteiger partial charge is 0.439 e. The molecule has 0 aromatic heterocycles. The van der Waals surface area contributed by atoms with Crippen molar-refractivity contribution in [3.63, 3.8) is 0 Å². The molecule has 0 amide bonds. The maximum atomic E-state index is 10.8. The molecule has 0 aliphatic rings. The van der Waals surface area contributed by atoms with Crippen LogP contribution in [0.25, 0.3) is 0 Å². The standard InChI is InChI=1S/C14H24O7/c1-11(17)18-10-19-12(6-20-13(2,3)8-15)7-21-14(4,5)9-16/h8-9,12H,6-7,10H2,1-5H3. The van der Waals surface area contributed by atoms with Crippen molar-refractivity contribution in [2.75, 3.05) is 20.0 Å². The van der Waals surface area contributed by atoms with Crippen LogP contribution in [0.1, 0.15) is 34.6 Å². The van der Waals surface area contributed by atoms with Gasteiger partial charge in [0.1, 0.15) is 17.3 Å². The van der Waals surface area contributed by atoms with Crippen molar-refractivity contribution in [2.24, 2.45) is 0 Å². The monoisotopic (exact) mass is 304 g/mol. The van der Waals surface area contributed by atoms with E-state index in [1.807, 2.05) is 0 Å². The van der Waals surface area contributed by atoms with Crippen molar-refractivity contribution in [2.45, 2.75) is 51.9 Å². The highest BCUT2D eigenvalue weighted by atomic mass is 16.7. The van der Waals surface area contributed by atoms with Gasteiger partial charge in [-0.15, -0.1) is 0 Å². The predicted molar refractivity (Wildman–Crippen MR) is 73.7 cm³/mol. The molecule has 0 aliphatic carbocycles. The lowest BCUT2D eigenvalue weighted by atomic mass is 10.1. The summed E-state index contributed by atoms with van der Waals surface area (Å²) in [5.74, 6) is -0.475. The molecule has 7 heteroatoms. The molecule has 0 aromatic rings. The summed E-state index contributed by atoms with van der Waals surface area (Å²) in [5.41, 5.74) is -1.91. The zero-order valence-electron chi connectivity index (χ0n) is 13.2. The Morgan fingerprint density at radius 1 is 1.00 bits per heavy atom. The third kappa shape index (κ3) is 10.1. The van der Waals surface area contributed by atoms with Gasteiger partial charge < -0.3 is 28.5 Å². The lowest BCUT2D eigenvalue weighted by molar-refractivity contribution is -0.176. The normalized spacial score (nSPS) is 12.3. The molecule has 0 saturated carbocycles. The molecule has 0 unspecified atom stereocenters. The van der Waals surface area contributed by atoms with Gasteiger partial charge in [0.15, 0.2) is 19.4 Å². The minimum Gasteiger partial charge on any atom is -0.439 e. The Morgan fingerprint density at radius 2 is 1.43 bits per heavy atom. The molecule has 0 saturated heterocycles. The first-order valence-electron chi connectivity index (χ1n) is 6.57. The Morgan fingerprint density at radius 3 is 1.76 bits per heavy atom. The molecule has 0 fully saturated rings. The molecular weight excluding hydrogens is 280 g/mol. The van der Waals surface area contributed by atoms with Gasteiger partial charge in [0, 0.05) is 6.92 Å². The van der Waals surface area contributed by atoms with Gasteiger partial charge in [0.05, 0.1) is 13.2 Å². The number of hydrogen-bond donors (Lipinski definition) is 0. The highest BCUT2D eigenvalue weighted by Crippen LogP contribution is 2.11. The van der Waals surface area contributed by atoms with E-state index in [4.69, 9.17) is 14.2 Å². The first kappa shape index (κ1) is 19.7. The van der Waals surface area contributed by atoms with E-state index in [-0.39, 0.29) is 20.0 Å². The van der Waals surface area contributed by atoms with Crippen LogP contribution >= 0.6 is 0 Å². The van der Waals surface area contributed by atoms with Gasteiger partial charge in [-0.1, -0.05) is 0 Å². The van der Waals surface area contributed by atoms with Gasteiger partial charge >= 0.3 is 5.97 Å². The van der Waals surface area contributed by atoms with Crippen molar-refractivity contribution in [1.29, 1.82) is 0 Å². The van der Waals surface area contributed by atoms with Gasteiger partial charge in [-0.3, -0.25) is 4.79 Å². The summed E-state index contributed by atoms with van der Waals surface area (Å²) >= 11 is 0. The third-order valence-electron chi connectivity index (χ3n) is 2.42. The quantitative estimate of drug-likeness (QED) is 0.318. The van der Waals surface area contributed by atoms with Gasteiger partial charge in [-0.2, -0.15) is 0 Å². The first-order chi connectivity index (χ1) is 9.62. The molecule has 0 rings (SSSR count). The number of carbonyl (C=O) groups is 3. The van der Waals surface area contributed by atoms with E-state index in [1.165, 1.54) is 6.92 Å². The third-order valence-corrected chi connectivity index (χ3v) is 2.42. The number of carbonyl (C=O) groups excluding carboxylic acids is 3. The van der Waals surface area contributed by atoms with Crippen molar-refractivity contribution >= 4 is 18.5 Å². The number of ether oxygens (including phenoxy) is 4. The number of hydrogen-bond acceptors (Lipinski definition) is 7. The Hall–Kier alpha value is -1.31. The molecule has 0 radical (unpaired) electrons. The van der Waals surface area contributed by atoms with E-state index in [0.717, 1.165) is 0 Å². The average Bonchev–Trinajstić information content (AvgIpc) is 2.41. The Balaban J connectivity index is 4.42. The zero-order chi connectivity index (χ0) is 16.5. The number of esters is 1. The van der Waals surface area contributed by atoms with E-state index in [9.17, 15) is 14.4 Å². The molecular formula is C14H24O7. The lowest BCUT2D eigenvalue weighted by Gasteiger charge is -2.26. The highest BCUT2D eigenvalue weighted by Gasteiger charge is 2.24. The summed E-state index contributed by atoms with van der Waals surface area (Å²) in [6, 6.07) is 0. The summed E-state index contributed by atoms with van der Waals surface area (Å²) < 4.78 is 20.8. The number of rotatable bonds is 11. The van der Waals surface area contributed by atoms with E-state index in [2.05, 4.69) is 4.74 Å². The Kier molecular flexibility index (Phi) is 8.31.